The summed E-state index contributed by atoms with van der Waals surface area (Å²) in [5.74, 6) is 0. The molecular weight excluding hydrogens is 180 g/mol. The summed E-state index contributed by atoms with van der Waals surface area (Å²) in [5.41, 5.74) is 4.48. The minimum atomic E-state index is 1.23. The van der Waals surface area contributed by atoms with Crippen LogP contribution in [0, 0.1) is 13.0 Å². The largest absolute Gasteiger partial charge is 0.0654 e. The molecule has 1 rings (SSSR count). The van der Waals surface area contributed by atoms with Crippen LogP contribution in [0.2, 0.25) is 0 Å². The highest BCUT2D eigenvalue weighted by Gasteiger charge is 2.04. The van der Waals surface area contributed by atoms with Crippen LogP contribution in [-0.4, -0.2) is 0 Å². The lowest BCUT2D eigenvalue weighted by Crippen LogP contribution is -1.98. The minimum Gasteiger partial charge on any atom is -0.0654 e. The molecule has 0 saturated carbocycles. The molecule has 1 aromatic carbocycles. The van der Waals surface area contributed by atoms with Gasteiger partial charge in [-0.2, -0.15) is 0 Å². The normalized spacial score (nSPS) is 10.6. The average molecular weight is 203 g/mol. The third-order valence-electron chi connectivity index (χ3n) is 3.00. The Morgan fingerprint density at radius 2 is 1.73 bits per heavy atom. The zero-order valence-corrected chi connectivity index (χ0v) is 10.4. The van der Waals surface area contributed by atoms with E-state index in [0.717, 1.165) is 0 Å². The van der Waals surface area contributed by atoms with E-state index in [2.05, 4.69) is 39.0 Å². The molecule has 15 heavy (non-hydrogen) atoms. The van der Waals surface area contributed by atoms with Gasteiger partial charge < -0.3 is 0 Å². The van der Waals surface area contributed by atoms with Crippen molar-refractivity contribution >= 4 is 0 Å². The lowest BCUT2D eigenvalue weighted by molar-refractivity contribution is 0.754. The van der Waals surface area contributed by atoms with Crippen molar-refractivity contribution in [3.8, 4) is 0 Å². The third-order valence-corrected chi connectivity index (χ3v) is 3.00. The van der Waals surface area contributed by atoms with Gasteiger partial charge in [0.15, 0.2) is 0 Å². The van der Waals surface area contributed by atoms with Crippen molar-refractivity contribution in [3.05, 3.63) is 34.9 Å². The van der Waals surface area contributed by atoms with Crippen LogP contribution in [0.25, 0.3) is 0 Å². The summed E-state index contributed by atoms with van der Waals surface area (Å²) in [5, 5.41) is 0. The number of unbranched alkanes of at least 4 members (excludes halogenated alkanes) is 2. The van der Waals surface area contributed by atoms with Crippen molar-refractivity contribution in [2.75, 3.05) is 0 Å². The van der Waals surface area contributed by atoms with Crippen LogP contribution in [-0.2, 0) is 12.8 Å². The summed E-state index contributed by atoms with van der Waals surface area (Å²) in [6, 6.07) is 7.66. The number of hydrogen-bond donors (Lipinski definition) is 0. The van der Waals surface area contributed by atoms with Gasteiger partial charge in [-0.15, -0.1) is 0 Å². The maximum absolute atomic E-state index is 3.33. The second-order valence-electron chi connectivity index (χ2n) is 4.31. The van der Waals surface area contributed by atoms with E-state index in [-0.39, 0.29) is 0 Å². The first-order chi connectivity index (χ1) is 7.29. The Kier molecular flexibility index (Phi) is 5.45. The van der Waals surface area contributed by atoms with E-state index in [9.17, 15) is 0 Å². The molecule has 0 atom stereocenters. The fourth-order valence-corrected chi connectivity index (χ4v) is 2.00. The molecule has 0 fully saturated rings. The predicted molar refractivity (Wildman–Crippen MR) is 67.2 cm³/mol. The van der Waals surface area contributed by atoms with Gasteiger partial charge in [-0.25, -0.2) is 0 Å². The summed E-state index contributed by atoms with van der Waals surface area (Å²) in [6.07, 6.45) is 7.65. The van der Waals surface area contributed by atoms with E-state index in [1.165, 1.54) is 44.1 Å². The highest BCUT2D eigenvalue weighted by molar-refractivity contribution is 5.33. The van der Waals surface area contributed by atoms with Crippen LogP contribution in [0.1, 0.15) is 56.2 Å². The first-order valence-electron chi connectivity index (χ1n) is 6.28. The zero-order valence-electron chi connectivity index (χ0n) is 10.4. The second kappa shape index (κ2) is 6.66. The van der Waals surface area contributed by atoms with Crippen LogP contribution < -0.4 is 0 Å². The van der Waals surface area contributed by atoms with Gasteiger partial charge in [-0.1, -0.05) is 38.8 Å². The Morgan fingerprint density at radius 3 is 2.40 bits per heavy atom. The average Bonchev–Trinajstić information content (AvgIpc) is 2.25. The lowest BCUT2D eigenvalue weighted by atomic mass is 9.94. The van der Waals surface area contributed by atoms with Gasteiger partial charge in [0.1, 0.15) is 0 Å². The molecule has 0 unspecified atom stereocenters. The van der Waals surface area contributed by atoms with Crippen LogP contribution in [0.15, 0.2) is 12.1 Å². The maximum atomic E-state index is 3.33. The molecule has 83 valence electrons. The minimum absolute atomic E-state index is 1.23. The van der Waals surface area contributed by atoms with E-state index in [0.29, 0.717) is 0 Å². The van der Waals surface area contributed by atoms with E-state index in [1.807, 2.05) is 0 Å². The highest BCUT2D eigenvalue weighted by atomic mass is 14.1. The predicted octanol–water partition coefficient (Wildman–Crippen LogP) is 4.48. The van der Waals surface area contributed by atoms with Crippen molar-refractivity contribution in [3.63, 3.8) is 0 Å². The van der Waals surface area contributed by atoms with Crippen molar-refractivity contribution in [2.24, 2.45) is 0 Å². The Hall–Kier alpha value is -0.780. The van der Waals surface area contributed by atoms with Crippen LogP contribution in [0.5, 0.6) is 0 Å². The molecule has 0 aliphatic rings. The molecule has 0 bridgehead atoms. The lowest BCUT2D eigenvalue weighted by Gasteiger charge is -2.11. The summed E-state index contributed by atoms with van der Waals surface area (Å²) in [4.78, 5) is 0. The quantitative estimate of drug-likeness (QED) is 0.639. The Balaban J connectivity index is 2.77. The highest BCUT2D eigenvalue weighted by Crippen LogP contribution is 2.18. The molecular formula is C15H23. The molecule has 0 N–H and O–H groups in total. The van der Waals surface area contributed by atoms with Gasteiger partial charge in [0.2, 0.25) is 0 Å². The molecule has 0 aliphatic carbocycles. The molecule has 0 aliphatic heterocycles. The molecule has 0 spiro atoms. The molecule has 1 radical (unpaired) electrons. The van der Waals surface area contributed by atoms with Gasteiger partial charge >= 0.3 is 0 Å². The van der Waals surface area contributed by atoms with Crippen LogP contribution >= 0.6 is 0 Å². The van der Waals surface area contributed by atoms with Crippen molar-refractivity contribution in [1.82, 2.24) is 0 Å². The molecule has 0 aromatic heterocycles. The smallest absolute Gasteiger partial charge is 0.0149 e. The fraction of sp³-hybridized carbons (Fsp3) is 0.600. The maximum Gasteiger partial charge on any atom is -0.0149 e. The van der Waals surface area contributed by atoms with Crippen molar-refractivity contribution < 1.29 is 0 Å². The standard InChI is InChI=1S/C15H23/c1-4-6-10-14-11-8-9-13(3)15(14)12-7-5-2/h8,11H,4-7,10,12H2,1-3H3. The van der Waals surface area contributed by atoms with E-state index >= 15 is 0 Å². The van der Waals surface area contributed by atoms with Gasteiger partial charge in [0, 0.05) is 0 Å². The van der Waals surface area contributed by atoms with E-state index < -0.39 is 0 Å². The van der Waals surface area contributed by atoms with Crippen molar-refractivity contribution in [2.45, 2.75) is 59.3 Å². The Morgan fingerprint density at radius 1 is 1.07 bits per heavy atom. The summed E-state index contributed by atoms with van der Waals surface area (Å²) >= 11 is 0. The van der Waals surface area contributed by atoms with Gasteiger partial charge in [-0.05, 0) is 55.4 Å². The number of aryl methyl sites for hydroxylation is 2. The van der Waals surface area contributed by atoms with Gasteiger partial charge in [0.05, 0.1) is 0 Å². The molecule has 0 heterocycles. The van der Waals surface area contributed by atoms with Crippen molar-refractivity contribution in [1.29, 1.82) is 0 Å². The molecule has 1 aromatic rings. The SMILES string of the molecule is CCCCc1cc[c]c(C)c1CCCC. The molecule has 0 saturated heterocycles. The number of rotatable bonds is 6. The Labute approximate surface area is 94.7 Å². The summed E-state index contributed by atoms with van der Waals surface area (Å²) in [7, 11) is 0. The first-order valence-corrected chi connectivity index (χ1v) is 6.28. The van der Waals surface area contributed by atoms with Gasteiger partial charge in [0.25, 0.3) is 0 Å². The fourth-order valence-electron chi connectivity index (χ4n) is 2.00. The Bertz CT molecular complexity index is 286. The summed E-state index contributed by atoms with van der Waals surface area (Å²) in [6.45, 7) is 6.71. The third kappa shape index (κ3) is 3.70. The second-order valence-corrected chi connectivity index (χ2v) is 4.31. The molecule has 0 amide bonds. The number of benzene rings is 1. The van der Waals surface area contributed by atoms with Gasteiger partial charge in [-0.3, -0.25) is 0 Å². The monoisotopic (exact) mass is 203 g/mol. The van der Waals surface area contributed by atoms with Crippen LogP contribution in [0.4, 0.5) is 0 Å². The summed E-state index contributed by atoms with van der Waals surface area (Å²) < 4.78 is 0. The molecule has 0 nitrogen and oxygen atoms in total. The number of hydrogen-bond acceptors (Lipinski definition) is 0. The zero-order chi connectivity index (χ0) is 11.1. The molecule has 0 heteroatoms. The van der Waals surface area contributed by atoms with E-state index in [1.54, 1.807) is 11.1 Å². The van der Waals surface area contributed by atoms with Crippen LogP contribution in [0.3, 0.4) is 0 Å². The first kappa shape index (κ1) is 12.3. The topological polar surface area (TPSA) is 0 Å². The van der Waals surface area contributed by atoms with E-state index in [4.69, 9.17) is 0 Å².